The Hall–Kier alpha value is -2.41. The number of carboxylic acids is 1. The molecule has 0 aliphatic carbocycles. The van der Waals surface area contributed by atoms with Gasteiger partial charge >= 0.3 is 5.97 Å². The molecule has 2 aromatic rings. The van der Waals surface area contributed by atoms with Crippen LogP contribution in [0.4, 0.5) is 0 Å². The lowest BCUT2D eigenvalue weighted by Crippen LogP contribution is -2.33. The SMILES string of the molecule is CC(C)c1ncc(C(=O)N[C@H](C(=O)O)c2ccc3c(c2)CCO3)s1. The van der Waals surface area contributed by atoms with E-state index in [1.807, 2.05) is 13.8 Å². The molecule has 0 saturated heterocycles. The number of nitrogens with zero attached hydrogens (tertiary/aromatic N) is 1. The summed E-state index contributed by atoms with van der Waals surface area (Å²) in [6.07, 6.45) is 2.24. The standard InChI is InChI=1S/C17H18N2O4S/c1-9(2)16-18-8-13(24-16)15(20)19-14(17(21)22)11-3-4-12-10(7-11)5-6-23-12/h3-4,7-9,14H,5-6H2,1-2H3,(H,19,20)(H,21,22)/t14-/m0/s1. The molecule has 0 radical (unpaired) electrons. The van der Waals surface area contributed by atoms with Crippen molar-refractivity contribution >= 4 is 23.2 Å². The molecule has 0 bridgehead atoms. The number of carbonyl (C=O) groups is 2. The summed E-state index contributed by atoms with van der Waals surface area (Å²) in [7, 11) is 0. The number of amides is 1. The van der Waals surface area contributed by atoms with Crippen LogP contribution in [-0.4, -0.2) is 28.6 Å². The van der Waals surface area contributed by atoms with Crippen LogP contribution in [0.1, 0.15) is 51.6 Å². The zero-order chi connectivity index (χ0) is 17.3. The lowest BCUT2D eigenvalue weighted by Gasteiger charge is -2.15. The third-order valence-corrected chi connectivity index (χ3v) is 5.11. The highest BCUT2D eigenvalue weighted by molar-refractivity contribution is 7.13. The first-order valence-electron chi connectivity index (χ1n) is 7.70. The van der Waals surface area contributed by atoms with Gasteiger partial charge in [-0.15, -0.1) is 11.3 Å². The highest BCUT2D eigenvalue weighted by Gasteiger charge is 2.25. The van der Waals surface area contributed by atoms with Crippen molar-refractivity contribution in [2.75, 3.05) is 6.61 Å². The number of carbonyl (C=O) groups excluding carboxylic acids is 1. The van der Waals surface area contributed by atoms with Crippen LogP contribution in [0, 0.1) is 0 Å². The number of thiazole rings is 1. The van der Waals surface area contributed by atoms with E-state index in [0.29, 0.717) is 17.0 Å². The monoisotopic (exact) mass is 346 g/mol. The van der Waals surface area contributed by atoms with Gasteiger partial charge < -0.3 is 15.2 Å². The van der Waals surface area contributed by atoms with E-state index < -0.39 is 17.9 Å². The number of hydrogen-bond acceptors (Lipinski definition) is 5. The van der Waals surface area contributed by atoms with E-state index in [-0.39, 0.29) is 5.92 Å². The Bertz CT molecular complexity index is 785. The molecule has 1 atom stereocenters. The Morgan fingerprint density at radius 1 is 1.38 bits per heavy atom. The van der Waals surface area contributed by atoms with Crippen molar-refractivity contribution in [1.82, 2.24) is 10.3 Å². The number of benzene rings is 1. The van der Waals surface area contributed by atoms with Gasteiger partial charge in [-0.3, -0.25) is 4.79 Å². The molecule has 1 aliphatic rings. The lowest BCUT2D eigenvalue weighted by molar-refractivity contribution is -0.139. The average molecular weight is 346 g/mol. The molecule has 7 heteroatoms. The van der Waals surface area contributed by atoms with E-state index in [1.165, 1.54) is 17.5 Å². The van der Waals surface area contributed by atoms with E-state index in [9.17, 15) is 14.7 Å². The molecule has 1 aromatic heterocycles. The molecule has 24 heavy (non-hydrogen) atoms. The van der Waals surface area contributed by atoms with Crippen LogP contribution in [0.2, 0.25) is 0 Å². The van der Waals surface area contributed by atoms with Crippen molar-refractivity contribution in [3.8, 4) is 5.75 Å². The fourth-order valence-corrected chi connectivity index (χ4v) is 3.36. The van der Waals surface area contributed by atoms with Crippen LogP contribution in [0.3, 0.4) is 0 Å². The minimum absolute atomic E-state index is 0.225. The molecule has 0 saturated carbocycles. The quantitative estimate of drug-likeness (QED) is 0.869. The van der Waals surface area contributed by atoms with Gasteiger partial charge in [0.1, 0.15) is 10.6 Å². The van der Waals surface area contributed by atoms with Gasteiger partial charge in [0.05, 0.1) is 17.8 Å². The van der Waals surface area contributed by atoms with Crippen LogP contribution in [0.25, 0.3) is 0 Å². The first kappa shape index (κ1) is 16.4. The highest BCUT2D eigenvalue weighted by Crippen LogP contribution is 2.29. The number of aliphatic carboxylic acids is 1. The van der Waals surface area contributed by atoms with Gasteiger partial charge in [-0.05, 0) is 23.3 Å². The summed E-state index contributed by atoms with van der Waals surface area (Å²) < 4.78 is 5.43. The van der Waals surface area contributed by atoms with E-state index >= 15 is 0 Å². The second-order valence-corrected chi connectivity index (χ2v) is 6.99. The molecular weight excluding hydrogens is 328 g/mol. The molecule has 1 aromatic carbocycles. The zero-order valence-corrected chi connectivity index (χ0v) is 14.2. The van der Waals surface area contributed by atoms with Crippen molar-refractivity contribution in [1.29, 1.82) is 0 Å². The van der Waals surface area contributed by atoms with Crippen LogP contribution in [0.15, 0.2) is 24.4 Å². The zero-order valence-electron chi connectivity index (χ0n) is 13.4. The Morgan fingerprint density at radius 2 is 2.17 bits per heavy atom. The number of rotatable bonds is 5. The molecule has 0 fully saturated rings. The van der Waals surface area contributed by atoms with Gasteiger partial charge in [-0.2, -0.15) is 0 Å². The Labute approximate surface area is 143 Å². The number of aromatic nitrogens is 1. The van der Waals surface area contributed by atoms with Crippen molar-refractivity contribution in [2.45, 2.75) is 32.2 Å². The van der Waals surface area contributed by atoms with Gasteiger partial charge in [-0.25, -0.2) is 9.78 Å². The largest absolute Gasteiger partial charge is 0.493 e. The third kappa shape index (κ3) is 3.26. The maximum Gasteiger partial charge on any atom is 0.330 e. The molecule has 2 heterocycles. The van der Waals surface area contributed by atoms with Gasteiger partial charge in [0, 0.05) is 12.3 Å². The predicted molar refractivity (Wildman–Crippen MR) is 89.7 cm³/mol. The second-order valence-electron chi connectivity index (χ2n) is 5.93. The number of ether oxygens (including phenoxy) is 1. The number of hydrogen-bond donors (Lipinski definition) is 2. The fraction of sp³-hybridized carbons (Fsp3) is 0.353. The summed E-state index contributed by atoms with van der Waals surface area (Å²) in [5, 5.41) is 12.9. The topological polar surface area (TPSA) is 88.5 Å². The van der Waals surface area contributed by atoms with Crippen molar-refractivity contribution < 1.29 is 19.4 Å². The molecule has 1 amide bonds. The summed E-state index contributed by atoms with van der Waals surface area (Å²) >= 11 is 1.28. The van der Waals surface area contributed by atoms with E-state index in [0.717, 1.165) is 22.7 Å². The minimum atomic E-state index is -1.10. The van der Waals surface area contributed by atoms with Crippen molar-refractivity contribution in [3.63, 3.8) is 0 Å². The summed E-state index contributed by atoms with van der Waals surface area (Å²) in [6, 6.07) is 4.11. The molecule has 126 valence electrons. The first-order valence-corrected chi connectivity index (χ1v) is 8.52. The summed E-state index contributed by atoms with van der Waals surface area (Å²) in [5.74, 6) is -0.527. The Morgan fingerprint density at radius 3 is 2.83 bits per heavy atom. The van der Waals surface area contributed by atoms with Gasteiger partial charge in [0.2, 0.25) is 0 Å². The number of nitrogens with one attached hydrogen (secondary N) is 1. The maximum absolute atomic E-state index is 12.4. The second kappa shape index (κ2) is 6.60. The van der Waals surface area contributed by atoms with E-state index in [4.69, 9.17) is 4.74 Å². The van der Waals surface area contributed by atoms with Crippen LogP contribution >= 0.6 is 11.3 Å². The fourth-order valence-electron chi connectivity index (χ4n) is 2.54. The number of fused-ring (bicyclic) bond motifs is 1. The van der Waals surface area contributed by atoms with Crippen LogP contribution in [0.5, 0.6) is 5.75 Å². The maximum atomic E-state index is 12.4. The molecule has 0 spiro atoms. The summed E-state index contributed by atoms with van der Waals surface area (Å²) in [4.78, 5) is 28.6. The van der Waals surface area contributed by atoms with E-state index in [1.54, 1.807) is 18.2 Å². The van der Waals surface area contributed by atoms with Gasteiger partial charge in [0.25, 0.3) is 5.91 Å². The number of carboxylic acid groups (broad SMARTS) is 1. The van der Waals surface area contributed by atoms with E-state index in [2.05, 4.69) is 10.3 Å². The molecular formula is C17H18N2O4S. The average Bonchev–Trinajstić information content (AvgIpc) is 3.20. The molecule has 6 nitrogen and oxygen atoms in total. The van der Waals surface area contributed by atoms with Gasteiger partial charge in [0.15, 0.2) is 6.04 Å². The van der Waals surface area contributed by atoms with Gasteiger partial charge in [-0.1, -0.05) is 19.9 Å². The molecule has 0 unspecified atom stereocenters. The molecule has 2 N–H and O–H groups in total. The van der Waals surface area contributed by atoms with Crippen LogP contribution in [-0.2, 0) is 11.2 Å². The first-order chi connectivity index (χ1) is 11.5. The van der Waals surface area contributed by atoms with Crippen molar-refractivity contribution in [3.05, 3.63) is 45.4 Å². The lowest BCUT2D eigenvalue weighted by atomic mass is 10.0. The normalized spacial score (nSPS) is 14.1. The smallest absolute Gasteiger partial charge is 0.330 e. The minimum Gasteiger partial charge on any atom is -0.493 e. The molecule has 3 rings (SSSR count). The third-order valence-electron chi connectivity index (χ3n) is 3.81. The molecule has 1 aliphatic heterocycles. The predicted octanol–water partition coefficient (Wildman–Crippen LogP) is 2.76. The highest BCUT2D eigenvalue weighted by atomic mass is 32.1. The van der Waals surface area contributed by atoms with Crippen LogP contribution < -0.4 is 10.1 Å². The van der Waals surface area contributed by atoms with Crippen molar-refractivity contribution in [2.24, 2.45) is 0 Å². The summed E-state index contributed by atoms with van der Waals surface area (Å²) in [6.45, 7) is 4.59. The Kier molecular flexibility index (Phi) is 4.53. The summed E-state index contributed by atoms with van der Waals surface area (Å²) in [5.41, 5.74) is 1.50. The Balaban J connectivity index is 1.81.